The number of halogens is 2. The largest absolute Gasteiger partial charge is 0.375 e. The molecule has 4 nitrogen and oxygen atoms in total. The average molecular weight is 306 g/mol. The minimum atomic E-state index is -0.463. The van der Waals surface area contributed by atoms with E-state index in [0.29, 0.717) is 11.3 Å². The lowest BCUT2D eigenvalue weighted by molar-refractivity contribution is 0.104. The first-order chi connectivity index (χ1) is 10.6. The number of nitrogens with one attached hydrogen (secondary N) is 2. The molecule has 116 valence electrons. The SMILES string of the molecule is COC(CNC(=O)Nc1ccc(F)cc1)c1cccc(F)c1. The average Bonchev–Trinajstić information content (AvgIpc) is 2.50. The second kappa shape index (κ2) is 7.51. The zero-order valence-corrected chi connectivity index (χ0v) is 12.0. The molecule has 0 saturated heterocycles. The molecular weight excluding hydrogens is 290 g/mol. The van der Waals surface area contributed by atoms with E-state index >= 15 is 0 Å². The van der Waals surface area contributed by atoms with Gasteiger partial charge in [-0.15, -0.1) is 0 Å². The molecule has 0 aliphatic heterocycles. The number of hydrogen-bond acceptors (Lipinski definition) is 2. The van der Waals surface area contributed by atoms with E-state index in [1.807, 2.05) is 0 Å². The van der Waals surface area contributed by atoms with Crippen molar-refractivity contribution in [3.63, 3.8) is 0 Å². The van der Waals surface area contributed by atoms with Crippen LogP contribution in [0.1, 0.15) is 11.7 Å². The maximum atomic E-state index is 13.2. The van der Waals surface area contributed by atoms with Crippen LogP contribution in [-0.2, 0) is 4.74 Å². The van der Waals surface area contributed by atoms with Crippen molar-refractivity contribution in [1.29, 1.82) is 0 Å². The maximum absolute atomic E-state index is 13.2. The molecule has 2 aromatic carbocycles. The molecule has 2 N–H and O–H groups in total. The number of hydrogen-bond donors (Lipinski definition) is 2. The van der Waals surface area contributed by atoms with Crippen LogP contribution in [0.2, 0.25) is 0 Å². The van der Waals surface area contributed by atoms with Crippen LogP contribution < -0.4 is 10.6 Å². The first-order valence-electron chi connectivity index (χ1n) is 6.67. The van der Waals surface area contributed by atoms with Crippen LogP contribution in [0.3, 0.4) is 0 Å². The van der Waals surface area contributed by atoms with Crippen LogP contribution >= 0.6 is 0 Å². The van der Waals surface area contributed by atoms with Crippen LogP contribution in [0.5, 0.6) is 0 Å². The summed E-state index contributed by atoms with van der Waals surface area (Å²) in [6.45, 7) is 0.174. The quantitative estimate of drug-likeness (QED) is 0.888. The molecule has 0 saturated carbocycles. The predicted molar refractivity (Wildman–Crippen MR) is 79.6 cm³/mol. The van der Waals surface area contributed by atoms with E-state index in [1.54, 1.807) is 12.1 Å². The number of ether oxygens (including phenoxy) is 1. The fourth-order valence-corrected chi connectivity index (χ4v) is 1.94. The minimum Gasteiger partial charge on any atom is -0.375 e. The maximum Gasteiger partial charge on any atom is 0.319 e. The zero-order valence-electron chi connectivity index (χ0n) is 12.0. The van der Waals surface area contributed by atoms with Gasteiger partial charge >= 0.3 is 6.03 Å². The molecule has 1 atom stereocenters. The van der Waals surface area contributed by atoms with Gasteiger partial charge in [-0.25, -0.2) is 13.6 Å². The lowest BCUT2D eigenvalue weighted by atomic mass is 10.1. The predicted octanol–water partition coefficient (Wildman–Crippen LogP) is 3.47. The van der Waals surface area contributed by atoms with Gasteiger partial charge < -0.3 is 15.4 Å². The summed E-state index contributed by atoms with van der Waals surface area (Å²) in [6.07, 6.45) is -0.463. The van der Waals surface area contributed by atoms with Gasteiger partial charge in [0, 0.05) is 19.3 Å². The molecular formula is C16H16F2N2O2. The van der Waals surface area contributed by atoms with Crippen molar-refractivity contribution in [3.8, 4) is 0 Å². The van der Waals surface area contributed by atoms with Gasteiger partial charge in [-0.05, 0) is 42.0 Å². The van der Waals surface area contributed by atoms with Gasteiger partial charge in [0.25, 0.3) is 0 Å². The third-order valence-corrected chi connectivity index (χ3v) is 3.06. The lowest BCUT2D eigenvalue weighted by Gasteiger charge is -2.17. The Hall–Kier alpha value is -2.47. The molecule has 0 bridgehead atoms. The van der Waals surface area contributed by atoms with E-state index < -0.39 is 12.1 Å². The summed E-state index contributed by atoms with van der Waals surface area (Å²) < 4.78 is 31.2. The summed E-state index contributed by atoms with van der Waals surface area (Å²) in [4.78, 5) is 11.8. The van der Waals surface area contributed by atoms with Crippen LogP contribution in [-0.4, -0.2) is 19.7 Å². The molecule has 1 unspecified atom stereocenters. The summed E-state index contributed by atoms with van der Waals surface area (Å²) >= 11 is 0. The molecule has 0 heterocycles. The lowest BCUT2D eigenvalue weighted by Crippen LogP contribution is -2.32. The van der Waals surface area contributed by atoms with Crippen molar-refractivity contribution >= 4 is 11.7 Å². The Morgan fingerprint density at radius 3 is 2.50 bits per heavy atom. The van der Waals surface area contributed by atoms with Gasteiger partial charge in [-0.3, -0.25) is 0 Å². The Bertz CT molecular complexity index is 632. The van der Waals surface area contributed by atoms with Crippen molar-refractivity contribution in [1.82, 2.24) is 5.32 Å². The fraction of sp³-hybridized carbons (Fsp3) is 0.188. The van der Waals surface area contributed by atoms with Crippen molar-refractivity contribution in [2.75, 3.05) is 19.0 Å². The number of anilines is 1. The second-order valence-electron chi connectivity index (χ2n) is 4.62. The van der Waals surface area contributed by atoms with Gasteiger partial charge in [-0.2, -0.15) is 0 Å². The molecule has 22 heavy (non-hydrogen) atoms. The molecule has 2 rings (SSSR count). The number of carbonyl (C=O) groups excluding carboxylic acids is 1. The minimum absolute atomic E-state index is 0.174. The third kappa shape index (κ3) is 4.53. The van der Waals surface area contributed by atoms with Gasteiger partial charge in [-0.1, -0.05) is 12.1 Å². The molecule has 2 aromatic rings. The number of carbonyl (C=O) groups is 1. The number of urea groups is 1. The highest BCUT2D eigenvalue weighted by Crippen LogP contribution is 2.16. The summed E-state index contributed by atoms with van der Waals surface area (Å²) in [7, 11) is 1.48. The Kier molecular flexibility index (Phi) is 5.43. The van der Waals surface area contributed by atoms with Crippen LogP contribution in [0.4, 0.5) is 19.3 Å². The van der Waals surface area contributed by atoms with E-state index in [1.165, 1.54) is 43.5 Å². The number of rotatable bonds is 5. The van der Waals surface area contributed by atoms with Gasteiger partial charge in [0.15, 0.2) is 0 Å². The Morgan fingerprint density at radius 1 is 1.14 bits per heavy atom. The monoisotopic (exact) mass is 306 g/mol. The molecule has 6 heteroatoms. The Morgan fingerprint density at radius 2 is 1.86 bits per heavy atom. The standard InChI is InChI=1S/C16H16F2N2O2/c1-22-15(11-3-2-4-13(18)9-11)10-19-16(21)20-14-7-5-12(17)6-8-14/h2-9,15H,10H2,1H3,(H2,19,20,21). The van der Waals surface area contributed by atoms with E-state index in [0.717, 1.165) is 0 Å². The van der Waals surface area contributed by atoms with Crippen LogP contribution in [0, 0.1) is 11.6 Å². The van der Waals surface area contributed by atoms with Crippen molar-refractivity contribution < 1.29 is 18.3 Å². The highest BCUT2D eigenvalue weighted by Gasteiger charge is 2.12. The highest BCUT2D eigenvalue weighted by atomic mass is 19.1. The van der Waals surface area contributed by atoms with Gasteiger partial charge in [0.2, 0.25) is 0 Å². The van der Waals surface area contributed by atoms with Crippen molar-refractivity contribution in [2.45, 2.75) is 6.10 Å². The normalized spacial score (nSPS) is 11.8. The first kappa shape index (κ1) is 15.9. The molecule has 0 radical (unpaired) electrons. The number of benzene rings is 2. The van der Waals surface area contributed by atoms with E-state index in [-0.39, 0.29) is 18.2 Å². The smallest absolute Gasteiger partial charge is 0.319 e. The summed E-state index contributed by atoms with van der Waals surface area (Å²) in [5.74, 6) is -0.744. The molecule has 0 aliphatic rings. The number of methoxy groups -OCH3 is 1. The Labute approximate surface area is 127 Å². The van der Waals surface area contributed by atoms with Gasteiger partial charge in [0.1, 0.15) is 11.6 Å². The summed E-state index contributed by atoms with van der Waals surface area (Å²) in [5, 5.41) is 5.19. The Balaban J connectivity index is 1.90. The highest BCUT2D eigenvalue weighted by molar-refractivity contribution is 5.89. The fourth-order valence-electron chi connectivity index (χ4n) is 1.94. The summed E-state index contributed by atoms with van der Waals surface area (Å²) in [5.41, 5.74) is 1.10. The number of amides is 2. The molecule has 2 amide bonds. The van der Waals surface area contributed by atoms with E-state index in [9.17, 15) is 13.6 Å². The van der Waals surface area contributed by atoms with E-state index in [4.69, 9.17) is 4.74 Å². The molecule has 0 spiro atoms. The first-order valence-corrected chi connectivity index (χ1v) is 6.67. The zero-order chi connectivity index (χ0) is 15.9. The van der Waals surface area contributed by atoms with E-state index in [2.05, 4.69) is 10.6 Å². The topological polar surface area (TPSA) is 50.4 Å². The second-order valence-corrected chi connectivity index (χ2v) is 4.62. The van der Waals surface area contributed by atoms with Crippen LogP contribution in [0.25, 0.3) is 0 Å². The van der Waals surface area contributed by atoms with Crippen molar-refractivity contribution in [3.05, 3.63) is 65.7 Å². The molecule has 0 aliphatic carbocycles. The molecule has 0 aromatic heterocycles. The van der Waals surface area contributed by atoms with Crippen LogP contribution in [0.15, 0.2) is 48.5 Å². The molecule has 0 fully saturated rings. The van der Waals surface area contributed by atoms with Crippen molar-refractivity contribution in [2.24, 2.45) is 0 Å². The summed E-state index contributed by atoms with van der Waals surface area (Å²) in [6, 6.07) is 10.9. The third-order valence-electron chi connectivity index (χ3n) is 3.06. The van der Waals surface area contributed by atoms with Gasteiger partial charge in [0.05, 0.1) is 6.10 Å².